The van der Waals surface area contributed by atoms with Crippen LogP contribution < -0.4 is 5.73 Å². The van der Waals surface area contributed by atoms with Crippen molar-refractivity contribution in [2.45, 2.75) is 32.1 Å². The predicted octanol–water partition coefficient (Wildman–Crippen LogP) is 1.40. The summed E-state index contributed by atoms with van der Waals surface area (Å²) in [7, 11) is -3.36. The highest BCUT2D eigenvalue weighted by Gasteiger charge is 2.25. The molecule has 7 nitrogen and oxygen atoms in total. The molecular weight excluding hydrogens is 364 g/mol. The van der Waals surface area contributed by atoms with E-state index in [1.807, 2.05) is 24.3 Å². The minimum atomic E-state index is -3.36. The van der Waals surface area contributed by atoms with Gasteiger partial charge >= 0.3 is 0 Å². The second-order valence-corrected chi connectivity index (χ2v) is 9.37. The Morgan fingerprint density at radius 1 is 1.22 bits per heavy atom. The van der Waals surface area contributed by atoms with Crippen molar-refractivity contribution in [3.05, 3.63) is 35.4 Å². The molecule has 2 heterocycles. The molecule has 0 amide bonds. The summed E-state index contributed by atoms with van der Waals surface area (Å²) in [5, 5.41) is 0. The van der Waals surface area contributed by atoms with Gasteiger partial charge in [-0.1, -0.05) is 31.2 Å². The second-order valence-electron chi connectivity index (χ2n) is 7.40. The Hall–Kier alpha value is -1.64. The number of morpholine rings is 1. The summed E-state index contributed by atoms with van der Waals surface area (Å²) >= 11 is 0. The zero-order chi connectivity index (χ0) is 19.3. The molecular formula is C19H30N4O3S. The van der Waals surface area contributed by atoms with Crippen LogP contribution in [0.4, 0.5) is 0 Å². The topological polar surface area (TPSA) is 88.2 Å². The number of rotatable bonds is 5. The maximum Gasteiger partial charge on any atom is 0.218 e. The quantitative estimate of drug-likeness (QED) is 0.602. The smallest absolute Gasteiger partial charge is 0.218 e. The molecule has 0 radical (unpaired) electrons. The van der Waals surface area contributed by atoms with Gasteiger partial charge in [0.15, 0.2) is 5.96 Å². The summed E-state index contributed by atoms with van der Waals surface area (Å²) in [6, 6.07) is 7.57. The molecule has 0 aromatic heterocycles. The Morgan fingerprint density at radius 2 is 1.93 bits per heavy atom. The van der Waals surface area contributed by atoms with Crippen LogP contribution in [-0.4, -0.2) is 63.0 Å². The Labute approximate surface area is 162 Å². The summed E-state index contributed by atoms with van der Waals surface area (Å²) < 4.78 is 32.2. The van der Waals surface area contributed by atoms with Crippen molar-refractivity contribution in [3.63, 3.8) is 0 Å². The molecule has 3 rings (SSSR count). The molecule has 0 spiro atoms. The summed E-state index contributed by atoms with van der Waals surface area (Å²) in [6.07, 6.45) is 2.36. The molecule has 2 aliphatic rings. The number of sulfonamides is 1. The third kappa shape index (κ3) is 5.43. The molecule has 27 heavy (non-hydrogen) atoms. The van der Waals surface area contributed by atoms with E-state index in [0.29, 0.717) is 44.7 Å². The highest BCUT2D eigenvalue weighted by atomic mass is 32.2. The largest absolute Gasteiger partial charge is 0.379 e. The zero-order valence-corrected chi connectivity index (χ0v) is 16.8. The number of benzene rings is 1. The normalized spacial score (nSPS) is 22.8. The number of nitrogens with two attached hydrogens (primary N) is 1. The molecule has 2 N–H and O–H groups in total. The molecule has 0 bridgehead atoms. The number of hydrogen-bond donors (Lipinski definition) is 1. The first kappa shape index (κ1) is 20.1. The van der Waals surface area contributed by atoms with Gasteiger partial charge in [-0.3, -0.25) is 0 Å². The van der Waals surface area contributed by atoms with Gasteiger partial charge in [0.25, 0.3) is 0 Å². The minimum absolute atomic E-state index is 0.0145. The van der Waals surface area contributed by atoms with Crippen molar-refractivity contribution in [2.75, 3.05) is 39.4 Å². The van der Waals surface area contributed by atoms with E-state index in [2.05, 4.69) is 16.8 Å². The fourth-order valence-electron chi connectivity index (χ4n) is 3.63. The van der Waals surface area contributed by atoms with E-state index in [1.165, 1.54) is 10.7 Å². The van der Waals surface area contributed by atoms with Gasteiger partial charge in [0.1, 0.15) is 0 Å². The van der Waals surface area contributed by atoms with Gasteiger partial charge in [0.05, 0.1) is 25.5 Å². The number of likely N-dealkylation sites (tertiary alicyclic amines) is 1. The van der Waals surface area contributed by atoms with Crippen LogP contribution in [0.2, 0.25) is 0 Å². The molecule has 150 valence electrons. The molecule has 1 aromatic rings. The Kier molecular flexibility index (Phi) is 6.73. The van der Waals surface area contributed by atoms with Crippen molar-refractivity contribution < 1.29 is 13.2 Å². The molecule has 2 saturated heterocycles. The van der Waals surface area contributed by atoms with Crippen LogP contribution in [0.25, 0.3) is 0 Å². The van der Waals surface area contributed by atoms with Crippen LogP contribution in [0, 0.1) is 5.92 Å². The van der Waals surface area contributed by atoms with Gasteiger partial charge in [-0.25, -0.2) is 13.4 Å². The van der Waals surface area contributed by atoms with E-state index in [0.717, 1.165) is 30.6 Å². The van der Waals surface area contributed by atoms with Crippen LogP contribution in [0.1, 0.15) is 30.9 Å². The van der Waals surface area contributed by atoms with E-state index in [9.17, 15) is 8.42 Å². The third-order valence-electron chi connectivity index (χ3n) is 5.21. The molecule has 2 aliphatic heterocycles. The third-order valence-corrected chi connectivity index (χ3v) is 7.04. The van der Waals surface area contributed by atoms with Gasteiger partial charge in [-0.15, -0.1) is 0 Å². The van der Waals surface area contributed by atoms with Crippen molar-refractivity contribution in [1.29, 1.82) is 0 Å². The van der Waals surface area contributed by atoms with Crippen molar-refractivity contribution >= 4 is 16.0 Å². The first-order valence-corrected chi connectivity index (χ1v) is 11.2. The fraction of sp³-hybridized carbons (Fsp3) is 0.632. The van der Waals surface area contributed by atoms with E-state index in [4.69, 9.17) is 10.5 Å². The molecule has 8 heteroatoms. The maximum atomic E-state index is 12.7. The SMILES string of the molecule is CC1CCCN(C(N)=NCc2ccccc2CS(=O)(=O)N2CCOCC2)C1. The molecule has 0 saturated carbocycles. The highest BCUT2D eigenvalue weighted by molar-refractivity contribution is 7.88. The highest BCUT2D eigenvalue weighted by Crippen LogP contribution is 2.18. The van der Waals surface area contributed by atoms with Gasteiger partial charge in [-0.05, 0) is 29.9 Å². The van der Waals surface area contributed by atoms with E-state index >= 15 is 0 Å². The van der Waals surface area contributed by atoms with E-state index in [-0.39, 0.29) is 5.75 Å². The lowest BCUT2D eigenvalue weighted by atomic mass is 10.0. The monoisotopic (exact) mass is 394 g/mol. The number of hydrogen-bond acceptors (Lipinski definition) is 4. The predicted molar refractivity (Wildman–Crippen MR) is 107 cm³/mol. The molecule has 1 atom stereocenters. The van der Waals surface area contributed by atoms with Crippen LogP contribution in [0.15, 0.2) is 29.3 Å². The summed E-state index contributed by atoms with van der Waals surface area (Å²) in [4.78, 5) is 6.67. The average molecular weight is 395 g/mol. The Morgan fingerprint density at radius 3 is 2.63 bits per heavy atom. The molecule has 0 aliphatic carbocycles. The standard InChI is InChI=1S/C19H30N4O3S/c1-16-5-4-8-22(14-16)19(20)21-13-17-6-2-3-7-18(17)15-27(24,25)23-9-11-26-12-10-23/h2-3,6-7,16H,4-5,8-15H2,1H3,(H2,20,21). The molecule has 2 fully saturated rings. The Balaban J connectivity index is 1.69. The summed E-state index contributed by atoms with van der Waals surface area (Å²) in [5.41, 5.74) is 7.88. The number of nitrogens with zero attached hydrogens (tertiary/aromatic N) is 3. The average Bonchev–Trinajstić information content (AvgIpc) is 2.67. The van der Waals surface area contributed by atoms with Gasteiger partial charge < -0.3 is 15.4 Å². The molecule has 1 aromatic carbocycles. The number of aliphatic imine (C=N–C) groups is 1. The van der Waals surface area contributed by atoms with E-state index in [1.54, 1.807) is 0 Å². The first-order valence-electron chi connectivity index (χ1n) is 9.63. The summed E-state index contributed by atoms with van der Waals surface area (Å²) in [5.74, 6) is 1.16. The zero-order valence-electron chi connectivity index (χ0n) is 16.0. The Bertz CT molecular complexity index is 760. The summed E-state index contributed by atoms with van der Waals surface area (Å²) in [6.45, 7) is 6.24. The lowest BCUT2D eigenvalue weighted by Crippen LogP contribution is -2.43. The second kappa shape index (κ2) is 9.03. The van der Waals surface area contributed by atoms with Crippen molar-refractivity contribution in [2.24, 2.45) is 16.6 Å². The van der Waals surface area contributed by atoms with Crippen molar-refractivity contribution in [1.82, 2.24) is 9.21 Å². The number of piperidine rings is 1. The van der Waals surface area contributed by atoms with Crippen LogP contribution in [-0.2, 0) is 27.1 Å². The molecule has 1 unspecified atom stereocenters. The lowest BCUT2D eigenvalue weighted by Gasteiger charge is -2.31. The number of ether oxygens (including phenoxy) is 1. The van der Waals surface area contributed by atoms with Crippen LogP contribution in [0.5, 0.6) is 0 Å². The minimum Gasteiger partial charge on any atom is -0.379 e. The first-order chi connectivity index (χ1) is 13.0. The van der Waals surface area contributed by atoms with Gasteiger partial charge in [-0.2, -0.15) is 4.31 Å². The van der Waals surface area contributed by atoms with Gasteiger partial charge in [0.2, 0.25) is 10.0 Å². The maximum absolute atomic E-state index is 12.7. The van der Waals surface area contributed by atoms with Crippen molar-refractivity contribution in [3.8, 4) is 0 Å². The van der Waals surface area contributed by atoms with Gasteiger partial charge in [0, 0.05) is 26.2 Å². The van der Waals surface area contributed by atoms with Crippen LogP contribution >= 0.6 is 0 Å². The van der Waals surface area contributed by atoms with Crippen LogP contribution in [0.3, 0.4) is 0 Å². The lowest BCUT2D eigenvalue weighted by molar-refractivity contribution is 0.0729. The fourth-order valence-corrected chi connectivity index (χ4v) is 5.19. The number of guanidine groups is 1. The van der Waals surface area contributed by atoms with E-state index < -0.39 is 10.0 Å².